The minimum absolute atomic E-state index is 0.0165. The van der Waals surface area contributed by atoms with Crippen molar-refractivity contribution in [1.82, 2.24) is 10.0 Å². The lowest BCUT2D eigenvalue weighted by Gasteiger charge is -2.10. The maximum absolute atomic E-state index is 13.7. The zero-order valence-electron chi connectivity index (χ0n) is 11.4. The van der Waals surface area contributed by atoms with E-state index in [2.05, 4.69) is 10.0 Å². The van der Waals surface area contributed by atoms with Crippen molar-refractivity contribution in [2.45, 2.75) is 18.4 Å². The van der Waals surface area contributed by atoms with E-state index in [0.29, 0.717) is 12.1 Å². The highest BCUT2D eigenvalue weighted by molar-refractivity contribution is 7.89. The molecule has 0 fully saturated rings. The van der Waals surface area contributed by atoms with Crippen LogP contribution in [0.3, 0.4) is 0 Å². The fourth-order valence-electron chi connectivity index (χ4n) is 1.54. The molecule has 0 amide bonds. The smallest absolute Gasteiger partial charge is 0.243 e. The summed E-state index contributed by atoms with van der Waals surface area (Å²) in [5.74, 6) is -2.57. The number of methoxy groups -OCH3 is 1. The summed E-state index contributed by atoms with van der Waals surface area (Å²) in [4.78, 5) is -0.693. The SMILES string of the molecule is CCNCc1cc(F)c(F)c(S(=O)(=O)NCCOC)c1. The summed E-state index contributed by atoms with van der Waals surface area (Å²) >= 11 is 0. The third-order valence-corrected chi connectivity index (χ3v) is 3.98. The summed E-state index contributed by atoms with van der Waals surface area (Å²) in [5.41, 5.74) is 0.359. The molecule has 0 radical (unpaired) electrons. The van der Waals surface area contributed by atoms with Crippen molar-refractivity contribution < 1.29 is 21.9 Å². The Morgan fingerprint density at radius 2 is 2.00 bits per heavy atom. The van der Waals surface area contributed by atoms with Gasteiger partial charge in [-0.15, -0.1) is 0 Å². The van der Waals surface area contributed by atoms with Crippen LogP contribution in [0, 0.1) is 11.6 Å². The standard InChI is InChI=1S/C12H18F2N2O3S/c1-3-15-8-9-6-10(13)12(14)11(7-9)20(17,18)16-4-5-19-2/h6-7,15-16H,3-5,8H2,1-2H3. The van der Waals surface area contributed by atoms with Crippen LogP contribution >= 0.6 is 0 Å². The molecule has 0 aliphatic heterocycles. The molecule has 0 unspecified atom stereocenters. The largest absolute Gasteiger partial charge is 0.383 e. The van der Waals surface area contributed by atoms with Crippen LogP contribution in [0.15, 0.2) is 17.0 Å². The molecule has 0 saturated heterocycles. The molecule has 0 aromatic heterocycles. The highest BCUT2D eigenvalue weighted by Crippen LogP contribution is 2.19. The topological polar surface area (TPSA) is 67.4 Å². The summed E-state index contributed by atoms with van der Waals surface area (Å²) in [7, 11) is -2.70. The Bertz CT molecular complexity index is 550. The molecule has 0 spiro atoms. The molecule has 0 atom stereocenters. The van der Waals surface area contributed by atoms with Crippen LogP contribution in [-0.2, 0) is 21.3 Å². The van der Waals surface area contributed by atoms with Crippen LogP contribution in [-0.4, -0.2) is 35.2 Å². The van der Waals surface area contributed by atoms with Crippen LogP contribution in [0.2, 0.25) is 0 Å². The highest BCUT2D eigenvalue weighted by Gasteiger charge is 2.22. The number of halogens is 2. The van der Waals surface area contributed by atoms with Crippen molar-refractivity contribution in [2.24, 2.45) is 0 Å². The quantitative estimate of drug-likeness (QED) is 0.703. The first kappa shape index (κ1) is 17.0. The van der Waals surface area contributed by atoms with Gasteiger partial charge < -0.3 is 10.1 Å². The van der Waals surface area contributed by atoms with E-state index in [9.17, 15) is 17.2 Å². The molecule has 0 heterocycles. The Hall–Kier alpha value is -1.09. The van der Waals surface area contributed by atoms with E-state index in [1.807, 2.05) is 6.92 Å². The summed E-state index contributed by atoms with van der Waals surface area (Å²) in [6.07, 6.45) is 0. The molecule has 8 heteroatoms. The van der Waals surface area contributed by atoms with Crippen LogP contribution in [0.4, 0.5) is 8.78 Å². The molecule has 1 rings (SSSR count). The Morgan fingerprint density at radius 3 is 2.60 bits per heavy atom. The van der Waals surface area contributed by atoms with E-state index in [0.717, 1.165) is 12.1 Å². The predicted octanol–water partition coefficient (Wildman–Crippen LogP) is 0.999. The van der Waals surface area contributed by atoms with Gasteiger partial charge in [0.1, 0.15) is 4.90 Å². The number of ether oxygens (including phenoxy) is 1. The first-order chi connectivity index (χ1) is 9.42. The van der Waals surface area contributed by atoms with Crippen molar-refractivity contribution in [3.8, 4) is 0 Å². The molecule has 0 saturated carbocycles. The lowest BCUT2D eigenvalue weighted by molar-refractivity contribution is 0.204. The van der Waals surface area contributed by atoms with E-state index in [-0.39, 0.29) is 19.7 Å². The second kappa shape index (κ2) is 7.63. The Morgan fingerprint density at radius 1 is 1.30 bits per heavy atom. The average Bonchev–Trinajstić information content (AvgIpc) is 2.39. The van der Waals surface area contributed by atoms with Gasteiger partial charge in [-0.2, -0.15) is 0 Å². The summed E-state index contributed by atoms with van der Waals surface area (Å²) in [6, 6.07) is 2.10. The van der Waals surface area contributed by atoms with E-state index in [1.54, 1.807) is 0 Å². The van der Waals surface area contributed by atoms with Gasteiger partial charge in [-0.3, -0.25) is 0 Å². The highest BCUT2D eigenvalue weighted by atomic mass is 32.2. The van der Waals surface area contributed by atoms with Crippen molar-refractivity contribution in [3.63, 3.8) is 0 Å². The van der Waals surface area contributed by atoms with Gasteiger partial charge in [0.2, 0.25) is 10.0 Å². The van der Waals surface area contributed by atoms with E-state index < -0.39 is 26.6 Å². The minimum Gasteiger partial charge on any atom is -0.383 e. The molecule has 114 valence electrons. The van der Waals surface area contributed by atoms with Crippen molar-refractivity contribution in [1.29, 1.82) is 0 Å². The Labute approximate surface area is 117 Å². The molecule has 0 aliphatic carbocycles. The van der Waals surface area contributed by atoms with Crippen LogP contribution in [0.1, 0.15) is 12.5 Å². The maximum Gasteiger partial charge on any atom is 0.243 e. The Kier molecular flexibility index (Phi) is 6.47. The molecule has 20 heavy (non-hydrogen) atoms. The van der Waals surface area contributed by atoms with Gasteiger partial charge in [0.25, 0.3) is 0 Å². The fourth-order valence-corrected chi connectivity index (χ4v) is 2.69. The number of sulfonamides is 1. The molecule has 5 nitrogen and oxygen atoms in total. The summed E-state index contributed by atoms with van der Waals surface area (Å²) in [6.45, 7) is 2.86. The zero-order chi connectivity index (χ0) is 15.2. The maximum atomic E-state index is 13.7. The van der Waals surface area contributed by atoms with Crippen LogP contribution < -0.4 is 10.0 Å². The molecule has 0 bridgehead atoms. The fraction of sp³-hybridized carbons (Fsp3) is 0.500. The van der Waals surface area contributed by atoms with E-state index >= 15 is 0 Å². The predicted molar refractivity (Wildman–Crippen MR) is 70.8 cm³/mol. The summed E-state index contributed by atoms with van der Waals surface area (Å²) < 4.78 is 57.8. The lowest BCUT2D eigenvalue weighted by atomic mass is 10.2. The molecule has 0 aliphatic rings. The molecular formula is C12H18F2N2O3S. The second-order valence-corrected chi connectivity index (χ2v) is 5.80. The first-order valence-electron chi connectivity index (χ1n) is 6.09. The second-order valence-electron chi connectivity index (χ2n) is 4.06. The third-order valence-electron chi connectivity index (χ3n) is 2.52. The van der Waals surface area contributed by atoms with Crippen LogP contribution in [0.5, 0.6) is 0 Å². The molecule has 1 aromatic carbocycles. The zero-order valence-corrected chi connectivity index (χ0v) is 12.2. The van der Waals surface area contributed by atoms with Gasteiger partial charge in [-0.1, -0.05) is 6.92 Å². The summed E-state index contributed by atoms with van der Waals surface area (Å²) in [5, 5.41) is 2.92. The van der Waals surface area contributed by atoms with Crippen LogP contribution in [0.25, 0.3) is 0 Å². The van der Waals surface area contributed by atoms with Gasteiger partial charge in [0, 0.05) is 20.2 Å². The van der Waals surface area contributed by atoms with Crippen molar-refractivity contribution in [3.05, 3.63) is 29.3 Å². The number of hydrogen-bond acceptors (Lipinski definition) is 4. The lowest BCUT2D eigenvalue weighted by Crippen LogP contribution is -2.28. The third kappa shape index (κ3) is 4.48. The molecular weight excluding hydrogens is 290 g/mol. The number of nitrogens with one attached hydrogen (secondary N) is 2. The number of benzene rings is 1. The van der Waals surface area contributed by atoms with Gasteiger partial charge in [0.05, 0.1) is 6.61 Å². The van der Waals surface area contributed by atoms with E-state index in [1.165, 1.54) is 7.11 Å². The van der Waals surface area contributed by atoms with Gasteiger partial charge >= 0.3 is 0 Å². The first-order valence-corrected chi connectivity index (χ1v) is 7.58. The van der Waals surface area contributed by atoms with Gasteiger partial charge in [-0.05, 0) is 24.2 Å². The minimum atomic E-state index is -4.11. The molecule has 2 N–H and O–H groups in total. The normalized spacial score (nSPS) is 11.8. The monoisotopic (exact) mass is 308 g/mol. The van der Waals surface area contributed by atoms with E-state index in [4.69, 9.17) is 4.74 Å². The van der Waals surface area contributed by atoms with Crippen molar-refractivity contribution in [2.75, 3.05) is 26.8 Å². The van der Waals surface area contributed by atoms with Crippen molar-refractivity contribution >= 4 is 10.0 Å². The van der Waals surface area contributed by atoms with Gasteiger partial charge in [-0.25, -0.2) is 21.9 Å². The number of rotatable bonds is 8. The van der Waals surface area contributed by atoms with Gasteiger partial charge in [0.15, 0.2) is 11.6 Å². The number of hydrogen-bond donors (Lipinski definition) is 2. The Balaban J connectivity index is 3.05. The average molecular weight is 308 g/mol. The molecule has 1 aromatic rings.